The molecule has 2 amide bonds. The first-order valence-corrected chi connectivity index (χ1v) is 8.65. The number of rotatable bonds is 4. The van der Waals surface area contributed by atoms with E-state index in [1.165, 1.54) is 5.56 Å². The van der Waals surface area contributed by atoms with Gasteiger partial charge in [-0.2, -0.15) is 0 Å². The first-order valence-electron chi connectivity index (χ1n) is 8.65. The molecule has 0 radical (unpaired) electrons. The van der Waals surface area contributed by atoms with E-state index in [0.717, 1.165) is 38.9 Å². The molecule has 5 nitrogen and oxygen atoms in total. The van der Waals surface area contributed by atoms with Gasteiger partial charge in [0.2, 0.25) is 5.91 Å². The van der Waals surface area contributed by atoms with Gasteiger partial charge < -0.3 is 15.5 Å². The lowest BCUT2D eigenvalue weighted by atomic mass is 9.90. The summed E-state index contributed by atoms with van der Waals surface area (Å²) in [6.07, 6.45) is 3.54. The average Bonchev–Trinajstić information content (AvgIpc) is 2.58. The van der Waals surface area contributed by atoms with E-state index < -0.39 is 0 Å². The average molecular weight is 316 g/mol. The monoisotopic (exact) mass is 316 g/mol. The van der Waals surface area contributed by atoms with Crippen molar-refractivity contribution in [2.75, 3.05) is 26.2 Å². The van der Waals surface area contributed by atoms with Crippen molar-refractivity contribution in [1.29, 1.82) is 0 Å². The zero-order chi connectivity index (χ0) is 16.1. The van der Waals surface area contributed by atoms with E-state index in [4.69, 9.17) is 0 Å². The number of benzene rings is 1. The molecule has 0 spiro atoms. The molecule has 1 aromatic carbocycles. The summed E-state index contributed by atoms with van der Waals surface area (Å²) in [5.74, 6) is 0.788. The number of nitrogens with zero attached hydrogens (tertiary/aromatic N) is 1. The van der Waals surface area contributed by atoms with Crippen LogP contribution in [0.1, 0.15) is 24.8 Å². The topological polar surface area (TPSA) is 66.0 Å². The standard InChI is InChI=1S/C18H25N3O2/c22-17(13-16-18(23)20-9-8-19-16)21-10-6-15(7-11-21)12-14-4-2-1-3-5-14/h1-5,15-16,19H,6-13H2,(H,20,23)/p+1/t16-/m0/s1. The van der Waals surface area contributed by atoms with Crippen LogP contribution in [-0.4, -0.2) is 48.9 Å². The second kappa shape index (κ2) is 7.59. The van der Waals surface area contributed by atoms with Crippen molar-refractivity contribution < 1.29 is 14.9 Å². The molecule has 124 valence electrons. The number of quaternary nitrogens is 1. The van der Waals surface area contributed by atoms with E-state index in [9.17, 15) is 9.59 Å². The van der Waals surface area contributed by atoms with Gasteiger partial charge in [0.1, 0.15) is 0 Å². The number of carbonyl (C=O) groups is 2. The molecular weight excluding hydrogens is 290 g/mol. The molecule has 5 heteroatoms. The van der Waals surface area contributed by atoms with Gasteiger partial charge in [0.25, 0.3) is 5.91 Å². The number of nitrogens with one attached hydrogen (secondary N) is 1. The summed E-state index contributed by atoms with van der Waals surface area (Å²) < 4.78 is 0. The third kappa shape index (κ3) is 4.32. The predicted octanol–water partition coefficient (Wildman–Crippen LogP) is -0.0804. The minimum atomic E-state index is -0.238. The molecule has 2 aliphatic rings. The Kier molecular flexibility index (Phi) is 5.28. The van der Waals surface area contributed by atoms with Crippen molar-refractivity contribution in [3.8, 4) is 0 Å². The van der Waals surface area contributed by atoms with Crippen LogP contribution >= 0.6 is 0 Å². The van der Waals surface area contributed by atoms with Gasteiger partial charge in [0, 0.05) is 13.1 Å². The summed E-state index contributed by atoms with van der Waals surface area (Å²) in [5.41, 5.74) is 1.38. The van der Waals surface area contributed by atoms with Gasteiger partial charge in [0.05, 0.1) is 19.5 Å². The lowest BCUT2D eigenvalue weighted by molar-refractivity contribution is -0.678. The third-order valence-electron chi connectivity index (χ3n) is 4.96. The Balaban J connectivity index is 1.45. The molecule has 0 aromatic heterocycles. The van der Waals surface area contributed by atoms with Gasteiger partial charge in [-0.3, -0.25) is 9.59 Å². The van der Waals surface area contributed by atoms with E-state index in [0.29, 0.717) is 18.9 Å². The van der Waals surface area contributed by atoms with Gasteiger partial charge in [-0.05, 0) is 30.7 Å². The molecule has 0 bridgehead atoms. The molecule has 1 aromatic rings. The highest BCUT2D eigenvalue weighted by Crippen LogP contribution is 2.22. The summed E-state index contributed by atoms with van der Waals surface area (Å²) in [6, 6.07) is 10.3. The fourth-order valence-corrected chi connectivity index (χ4v) is 3.55. The normalized spacial score (nSPS) is 22.7. The van der Waals surface area contributed by atoms with Gasteiger partial charge in [-0.25, -0.2) is 0 Å². The van der Waals surface area contributed by atoms with Crippen molar-refractivity contribution in [2.24, 2.45) is 5.92 Å². The molecule has 3 N–H and O–H groups in total. The van der Waals surface area contributed by atoms with Gasteiger partial charge >= 0.3 is 0 Å². The van der Waals surface area contributed by atoms with Crippen LogP contribution in [0.25, 0.3) is 0 Å². The first-order chi connectivity index (χ1) is 11.2. The summed E-state index contributed by atoms with van der Waals surface area (Å²) in [6.45, 7) is 3.21. The Morgan fingerprint density at radius 3 is 2.65 bits per heavy atom. The molecule has 3 rings (SSSR count). The Morgan fingerprint density at radius 2 is 1.96 bits per heavy atom. The highest BCUT2D eigenvalue weighted by molar-refractivity contribution is 5.87. The number of piperazine rings is 1. The van der Waals surface area contributed by atoms with Crippen LogP contribution in [0.2, 0.25) is 0 Å². The smallest absolute Gasteiger partial charge is 0.278 e. The fraction of sp³-hybridized carbons (Fsp3) is 0.556. The SMILES string of the molecule is O=C1NCC[NH2+][C@H]1CC(=O)N1CCC(Cc2ccccc2)CC1. The lowest BCUT2D eigenvalue weighted by Gasteiger charge is -2.33. The molecule has 2 saturated heterocycles. The second-order valence-corrected chi connectivity index (χ2v) is 6.64. The zero-order valence-corrected chi connectivity index (χ0v) is 13.5. The number of carbonyl (C=O) groups excluding carboxylic acids is 2. The Bertz CT molecular complexity index is 538. The van der Waals surface area contributed by atoms with Gasteiger partial charge in [0.15, 0.2) is 6.04 Å². The number of piperidine rings is 1. The minimum Gasteiger partial charge on any atom is -0.345 e. The van der Waals surface area contributed by atoms with E-state index in [-0.39, 0.29) is 17.9 Å². The van der Waals surface area contributed by atoms with Crippen molar-refractivity contribution in [1.82, 2.24) is 10.2 Å². The molecule has 2 heterocycles. The highest BCUT2D eigenvalue weighted by atomic mass is 16.2. The van der Waals surface area contributed by atoms with Crippen molar-refractivity contribution in [2.45, 2.75) is 31.7 Å². The molecule has 1 atom stereocenters. The number of nitrogens with two attached hydrogens (primary N) is 1. The molecule has 0 unspecified atom stereocenters. The third-order valence-corrected chi connectivity index (χ3v) is 4.96. The van der Waals surface area contributed by atoms with Crippen LogP contribution < -0.4 is 10.6 Å². The summed E-state index contributed by atoms with van der Waals surface area (Å²) in [4.78, 5) is 26.1. The molecule has 2 aliphatic heterocycles. The molecule has 23 heavy (non-hydrogen) atoms. The van der Waals surface area contributed by atoms with Gasteiger partial charge in [-0.1, -0.05) is 30.3 Å². The van der Waals surface area contributed by atoms with Crippen molar-refractivity contribution in [3.05, 3.63) is 35.9 Å². The van der Waals surface area contributed by atoms with Crippen LogP contribution in [0.3, 0.4) is 0 Å². The quantitative estimate of drug-likeness (QED) is 0.816. The molecule has 2 fully saturated rings. The van der Waals surface area contributed by atoms with E-state index in [2.05, 4.69) is 29.6 Å². The Labute approximate surface area is 137 Å². The fourth-order valence-electron chi connectivity index (χ4n) is 3.55. The van der Waals surface area contributed by atoms with Crippen LogP contribution in [0.4, 0.5) is 0 Å². The van der Waals surface area contributed by atoms with Crippen LogP contribution in [0.5, 0.6) is 0 Å². The van der Waals surface area contributed by atoms with Crippen molar-refractivity contribution >= 4 is 11.8 Å². The number of amides is 2. The maximum Gasteiger partial charge on any atom is 0.278 e. The van der Waals surface area contributed by atoms with E-state index in [1.54, 1.807) is 0 Å². The minimum absolute atomic E-state index is 0.00330. The van der Waals surface area contributed by atoms with Crippen LogP contribution in [-0.2, 0) is 16.0 Å². The molecular formula is C18H26N3O2+. The number of likely N-dealkylation sites (tertiary alicyclic amines) is 1. The summed E-state index contributed by atoms with van der Waals surface area (Å²) >= 11 is 0. The Hall–Kier alpha value is -1.88. The predicted molar refractivity (Wildman–Crippen MR) is 87.7 cm³/mol. The van der Waals surface area contributed by atoms with Gasteiger partial charge in [-0.15, -0.1) is 0 Å². The maximum absolute atomic E-state index is 12.4. The van der Waals surface area contributed by atoms with E-state index >= 15 is 0 Å². The first kappa shape index (κ1) is 16.0. The van der Waals surface area contributed by atoms with Crippen LogP contribution in [0, 0.1) is 5.92 Å². The maximum atomic E-state index is 12.4. The number of hydrogen-bond donors (Lipinski definition) is 2. The highest BCUT2D eigenvalue weighted by Gasteiger charge is 2.31. The van der Waals surface area contributed by atoms with E-state index in [1.807, 2.05) is 16.3 Å². The largest absolute Gasteiger partial charge is 0.345 e. The molecule has 0 saturated carbocycles. The van der Waals surface area contributed by atoms with Crippen LogP contribution in [0.15, 0.2) is 30.3 Å². The molecule has 0 aliphatic carbocycles. The summed E-state index contributed by atoms with van der Waals surface area (Å²) in [5, 5.41) is 4.82. The Morgan fingerprint density at radius 1 is 1.22 bits per heavy atom. The van der Waals surface area contributed by atoms with Crippen molar-refractivity contribution in [3.63, 3.8) is 0 Å². The zero-order valence-electron chi connectivity index (χ0n) is 13.5. The summed E-state index contributed by atoms with van der Waals surface area (Å²) in [7, 11) is 0. The lowest BCUT2D eigenvalue weighted by Crippen LogP contribution is -2.96. The number of hydrogen-bond acceptors (Lipinski definition) is 2. The second-order valence-electron chi connectivity index (χ2n) is 6.64.